The van der Waals surface area contributed by atoms with Gasteiger partial charge in [0.25, 0.3) is 0 Å². The summed E-state index contributed by atoms with van der Waals surface area (Å²) in [6.45, 7) is 62.3. The summed E-state index contributed by atoms with van der Waals surface area (Å²) in [7, 11) is 1.17. The highest BCUT2D eigenvalue weighted by Crippen LogP contribution is 2.67. The maximum atomic E-state index is 2.94. The van der Waals surface area contributed by atoms with Crippen LogP contribution in [-0.4, -0.2) is 16.8 Å². The second kappa shape index (κ2) is 17.6. The second-order valence-electron chi connectivity index (χ2n) is 40.1. The fourth-order valence-electron chi connectivity index (χ4n) is 21.6. The van der Waals surface area contributed by atoms with Crippen LogP contribution in [0.25, 0.3) is 0 Å². The number of benzene rings is 6. The molecule has 6 aromatic carbocycles. The van der Waals surface area contributed by atoms with E-state index in [0.29, 0.717) is 16.8 Å². The highest BCUT2D eigenvalue weighted by atomic mass is 28.7. The van der Waals surface area contributed by atoms with Crippen LogP contribution in [0.4, 0.5) is 0 Å². The molecule has 2 heteroatoms. The molecular weight excluding hydrogens is 1110 g/mol. The Balaban J connectivity index is 1.14. The third-order valence-electron chi connectivity index (χ3n) is 28.9. The van der Waals surface area contributed by atoms with Crippen LogP contribution >= 0.6 is 0 Å². The zero-order valence-electron chi connectivity index (χ0n) is 60.6. The van der Waals surface area contributed by atoms with E-state index in [2.05, 4.69) is 239 Å². The summed E-state index contributed by atoms with van der Waals surface area (Å²) in [4.78, 5) is 0. The highest BCUT2D eigenvalue weighted by Gasteiger charge is 2.59. The average molecular weight is 1220 g/mol. The molecule has 0 N–H and O–H groups in total. The van der Waals surface area contributed by atoms with Gasteiger partial charge in [0.1, 0.15) is 0 Å². The molecule has 0 unspecified atom stereocenters. The molecule has 0 radical (unpaired) electrons. The average Bonchev–Trinajstić information content (AvgIpc) is 0.662. The van der Waals surface area contributed by atoms with E-state index in [4.69, 9.17) is 0 Å². The SMILES string of the molecule is CC1(C)CCC(C)(C)c2cc3c(cc21)C1c2cc4c(cc2C3([Si]#[Si]C23c5cc6c(cc5C(c5cc7c(cc52)C(C)(C)CCC7(C)C)c2cc5c(cc23)C(C)(C)CCC5(C)C)C(C)(C)CCC6(C)C)c2cc3c(cc21)C(C)(C)CCC3(C)C)C(C)(C)CCC4(C)C. The Morgan fingerprint density at radius 1 is 0.178 bits per heavy atom. The van der Waals surface area contributed by atoms with E-state index in [0.717, 1.165) is 0 Å². The molecule has 12 aliphatic carbocycles. The molecule has 0 heterocycles. The van der Waals surface area contributed by atoms with E-state index >= 15 is 0 Å². The monoisotopic (exact) mass is 1220 g/mol. The van der Waals surface area contributed by atoms with Gasteiger partial charge in [-0.3, -0.25) is 0 Å². The van der Waals surface area contributed by atoms with Gasteiger partial charge in [-0.25, -0.2) is 0 Å². The molecule has 0 aliphatic heterocycles. The van der Waals surface area contributed by atoms with Gasteiger partial charge in [0.05, 0.1) is 10.1 Å². The van der Waals surface area contributed by atoms with Crippen molar-refractivity contribution in [2.75, 3.05) is 0 Å². The first-order valence-corrected chi connectivity index (χ1v) is 39.2. The van der Waals surface area contributed by atoms with E-state index in [9.17, 15) is 0 Å². The topological polar surface area (TPSA) is 0 Å². The maximum Gasteiger partial charge on any atom is 0.0789 e. The zero-order chi connectivity index (χ0) is 64.4. The molecule has 0 aromatic heterocycles. The summed E-state index contributed by atoms with van der Waals surface area (Å²) >= 11 is 0. The Morgan fingerprint density at radius 3 is 0.411 bits per heavy atom. The second-order valence-corrected chi connectivity index (χ2v) is 43.6. The van der Waals surface area contributed by atoms with Crippen LogP contribution in [-0.2, 0) is 75.1 Å². The van der Waals surface area contributed by atoms with Crippen molar-refractivity contribution in [3.8, 4) is 0 Å². The summed E-state index contributed by atoms with van der Waals surface area (Å²) < 4.78 is 0. The van der Waals surface area contributed by atoms with Crippen molar-refractivity contribution in [1.82, 2.24) is 0 Å². The molecule has 0 saturated heterocycles. The van der Waals surface area contributed by atoms with Crippen LogP contribution in [0, 0.1) is 0 Å². The fourth-order valence-corrected chi connectivity index (χ4v) is 27.7. The van der Waals surface area contributed by atoms with E-state index in [1.54, 1.807) is 134 Å². The molecule has 90 heavy (non-hydrogen) atoms. The molecule has 0 fully saturated rings. The largest absolute Gasteiger partial charge is 0.0789 e. The van der Waals surface area contributed by atoms with Crippen LogP contribution in [0.15, 0.2) is 72.8 Å². The highest BCUT2D eigenvalue weighted by molar-refractivity contribution is 6.68. The van der Waals surface area contributed by atoms with E-state index < -0.39 is 0 Å². The van der Waals surface area contributed by atoms with Gasteiger partial charge in [0.2, 0.25) is 0 Å². The summed E-state index contributed by atoms with van der Waals surface area (Å²) in [5, 5.41) is -0.771. The third-order valence-corrected chi connectivity index (χ3v) is 34.0. The molecular formula is C88H110Si2. The Hall–Kier alpha value is -4.25. The van der Waals surface area contributed by atoms with Crippen molar-refractivity contribution in [2.45, 2.75) is 330 Å². The predicted octanol–water partition coefficient (Wildman–Crippen LogP) is 22.0. The van der Waals surface area contributed by atoms with Gasteiger partial charge in [-0.05, 0) is 292 Å². The fraction of sp³-hybridized carbons (Fsp3) is 0.591. The van der Waals surface area contributed by atoms with Gasteiger partial charge in [-0.15, -0.1) is 0 Å². The van der Waals surface area contributed by atoms with E-state index in [-0.39, 0.29) is 86.9 Å². The first kappa shape index (κ1) is 60.7. The minimum atomic E-state index is -0.386. The van der Waals surface area contributed by atoms with Crippen molar-refractivity contribution in [3.05, 3.63) is 206 Å². The van der Waals surface area contributed by atoms with Crippen molar-refractivity contribution in [1.29, 1.82) is 0 Å². The van der Waals surface area contributed by atoms with Crippen molar-refractivity contribution in [2.24, 2.45) is 0 Å². The minimum absolute atomic E-state index is 0.0643. The Kier molecular flexibility index (Phi) is 11.9. The van der Waals surface area contributed by atoms with E-state index in [1.807, 2.05) is 0 Å². The smallest absolute Gasteiger partial charge is 0.0558 e. The van der Waals surface area contributed by atoms with Crippen molar-refractivity contribution >= 4 is 16.8 Å². The Bertz CT molecular complexity index is 3640. The number of hydrogen-bond donors (Lipinski definition) is 0. The molecule has 0 nitrogen and oxygen atoms in total. The van der Waals surface area contributed by atoms with Gasteiger partial charge in [0.15, 0.2) is 0 Å². The Morgan fingerprint density at radius 2 is 0.289 bits per heavy atom. The lowest BCUT2D eigenvalue weighted by Crippen LogP contribution is -2.50. The summed E-state index contributed by atoms with van der Waals surface area (Å²) in [5.74, 6) is 0.361. The lowest BCUT2D eigenvalue weighted by molar-refractivity contribution is 0.328. The van der Waals surface area contributed by atoms with Crippen molar-refractivity contribution in [3.63, 3.8) is 0 Å². The third kappa shape index (κ3) is 7.71. The molecule has 0 saturated carbocycles. The molecule has 0 spiro atoms. The Labute approximate surface area is 549 Å². The quantitative estimate of drug-likeness (QED) is 0.133. The number of rotatable bonds is 0. The normalized spacial score (nSPS) is 29.4. The molecule has 12 aliphatic rings. The first-order valence-electron chi connectivity index (χ1n) is 36.2. The van der Waals surface area contributed by atoms with Gasteiger partial charge < -0.3 is 0 Å². The molecule has 4 bridgehead atoms. The van der Waals surface area contributed by atoms with Gasteiger partial charge in [-0.2, -0.15) is 0 Å². The van der Waals surface area contributed by atoms with E-state index in [1.165, 1.54) is 77.0 Å². The molecule has 470 valence electrons. The van der Waals surface area contributed by atoms with Crippen LogP contribution in [0.2, 0.25) is 0 Å². The van der Waals surface area contributed by atoms with Gasteiger partial charge in [-0.1, -0.05) is 239 Å². The summed E-state index contributed by atoms with van der Waals surface area (Å²) in [6, 6.07) is 35.0. The minimum Gasteiger partial charge on any atom is -0.0558 e. The van der Waals surface area contributed by atoms with Crippen LogP contribution in [0.5, 0.6) is 0 Å². The zero-order valence-corrected chi connectivity index (χ0v) is 62.6. The van der Waals surface area contributed by atoms with Crippen LogP contribution in [0.1, 0.15) is 389 Å². The lowest BCUT2D eigenvalue weighted by Gasteiger charge is -2.55. The standard InChI is InChI=1S/C88H110Si2/c1-75(2)25-31-81(13,14)67-43-55-49(37-61(67)75)73-50-38-62-68(82(15,16)32-26-76(62,3)4)44-56(50)87(55,57-45-69-63(39-51(57)73)77(5,6)27-33-83(69,17)18)89-90-88-58-46-70-64(78(7,8)28-34-84(70,19)20)40-52(58)74(53-41-65-71(47-59(53)88)85(21,22)35-29-79(65,9)10)54-42-66-72(48-60(54)88)86(23,24)36-30-80(66,11)12/h37-48,73-74H,25-36H2,1-24H3. The lowest BCUT2D eigenvalue weighted by atomic mass is 9.53. The van der Waals surface area contributed by atoms with Gasteiger partial charge in [0, 0.05) is 11.8 Å². The first-order chi connectivity index (χ1) is 41.4. The number of fused-ring (bicyclic) bond motifs is 6. The maximum absolute atomic E-state index is 2.94. The van der Waals surface area contributed by atoms with Crippen molar-refractivity contribution < 1.29 is 0 Å². The summed E-state index contributed by atoms with van der Waals surface area (Å²) in [6.07, 6.45) is 14.6. The predicted molar refractivity (Wildman–Crippen MR) is 384 cm³/mol. The molecule has 0 amide bonds. The number of hydrogen-bond acceptors (Lipinski definition) is 0. The van der Waals surface area contributed by atoms with Crippen LogP contribution < -0.4 is 0 Å². The molecule has 6 aromatic rings. The summed E-state index contributed by atoms with van der Waals surface area (Å²) in [5.41, 5.74) is 40.2. The molecule has 18 rings (SSSR count). The van der Waals surface area contributed by atoms with Gasteiger partial charge >= 0.3 is 0 Å². The molecule has 0 atom stereocenters. The van der Waals surface area contributed by atoms with Crippen LogP contribution in [0.3, 0.4) is 0 Å².